The van der Waals surface area contributed by atoms with Gasteiger partial charge in [-0.1, -0.05) is 6.07 Å². The van der Waals surface area contributed by atoms with Gasteiger partial charge in [-0.25, -0.2) is 0 Å². The number of hydrogen-bond acceptors (Lipinski definition) is 3. The molecule has 0 amide bonds. The van der Waals surface area contributed by atoms with Gasteiger partial charge in [-0.15, -0.1) is 0 Å². The number of halogens is 1. The van der Waals surface area contributed by atoms with E-state index >= 15 is 0 Å². The number of anilines is 1. The number of rotatable bonds is 5. The molecule has 0 aromatic heterocycles. The molecule has 2 atom stereocenters. The fourth-order valence-electron chi connectivity index (χ4n) is 2.71. The van der Waals surface area contributed by atoms with E-state index in [-0.39, 0.29) is 6.04 Å². The van der Waals surface area contributed by atoms with Crippen LogP contribution in [0.2, 0.25) is 0 Å². The van der Waals surface area contributed by atoms with Gasteiger partial charge < -0.3 is 15.4 Å². The summed E-state index contributed by atoms with van der Waals surface area (Å²) in [4.78, 5) is 2.27. The first kappa shape index (κ1) is 15.8. The maximum Gasteiger partial charge on any atom is 0.0749 e. The van der Waals surface area contributed by atoms with Crippen molar-refractivity contribution >= 4 is 21.6 Å². The molecule has 2 N–H and O–H groups in total. The quantitative estimate of drug-likeness (QED) is 0.893. The molecule has 3 nitrogen and oxygen atoms in total. The van der Waals surface area contributed by atoms with Crippen molar-refractivity contribution in [2.24, 2.45) is 5.73 Å². The van der Waals surface area contributed by atoms with Gasteiger partial charge in [0, 0.05) is 30.7 Å². The third-order valence-corrected chi connectivity index (χ3v) is 4.37. The molecule has 2 rings (SSSR count). The number of nitrogens with zero attached hydrogens (tertiary/aromatic N) is 1. The average Bonchev–Trinajstić information content (AvgIpc) is 2.39. The Morgan fingerprint density at radius 1 is 1.45 bits per heavy atom. The van der Waals surface area contributed by atoms with Crippen LogP contribution < -0.4 is 10.6 Å². The Kier molecular flexibility index (Phi) is 5.87. The molecule has 1 saturated heterocycles. The van der Waals surface area contributed by atoms with E-state index in [2.05, 4.69) is 46.1 Å². The Bertz CT molecular complexity index is 430. The van der Waals surface area contributed by atoms with Gasteiger partial charge in [0.05, 0.1) is 11.8 Å². The van der Waals surface area contributed by atoms with Crippen molar-refractivity contribution in [1.82, 2.24) is 0 Å². The van der Waals surface area contributed by atoms with Crippen molar-refractivity contribution in [1.29, 1.82) is 0 Å². The van der Waals surface area contributed by atoms with Crippen molar-refractivity contribution < 1.29 is 4.74 Å². The molecular formula is C16H25BrN2O. The first-order valence-corrected chi connectivity index (χ1v) is 8.22. The van der Waals surface area contributed by atoms with Crippen molar-refractivity contribution in [3.8, 4) is 0 Å². The van der Waals surface area contributed by atoms with Crippen molar-refractivity contribution in [3.63, 3.8) is 0 Å². The largest absolute Gasteiger partial charge is 0.376 e. The lowest BCUT2D eigenvalue weighted by atomic mass is 10.1. The van der Waals surface area contributed by atoms with E-state index < -0.39 is 0 Å². The molecule has 1 aliphatic rings. The minimum absolute atomic E-state index is 0.195. The Labute approximate surface area is 130 Å². The van der Waals surface area contributed by atoms with Crippen LogP contribution >= 0.6 is 15.9 Å². The first-order valence-electron chi connectivity index (χ1n) is 7.43. The van der Waals surface area contributed by atoms with Crippen molar-refractivity contribution in [2.75, 3.05) is 25.1 Å². The fourth-order valence-corrected chi connectivity index (χ4v) is 3.44. The van der Waals surface area contributed by atoms with Gasteiger partial charge in [0.2, 0.25) is 0 Å². The maximum absolute atomic E-state index is 5.85. The van der Waals surface area contributed by atoms with Crippen LogP contribution in [0.4, 0.5) is 5.69 Å². The number of benzene rings is 1. The fraction of sp³-hybridized carbons (Fsp3) is 0.625. The van der Waals surface area contributed by atoms with Crippen LogP contribution in [-0.4, -0.2) is 32.3 Å². The summed E-state index contributed by atoms with van der Waals surface area (Å²) in [5.74, 6) is 0. The minimum atomic E-state index is 0.195. The van der Waals surface area contributed by atoms with E-state index in [1.54, 1.807) is 0 Å². The molecule has 1 fully saturated rings. The normalized spacial score (nSPS) is 20.7. The molecule has 1 aromatic rings. The van der Waals surface area contributed by atoms with Gasteiger partial charge in [-0.2, -0.15) is 0 Å². The molecule has 1 heterocycles. The second-order valence-electron chi connectivity index (χ2n) is 5.84. The summed E-state index contributed by atoms with van der Waals surface area (Å²) < 4.78 is 6.95. The van der Waals surface area contributed by atoms with Gasteiger partial charge in [0.15, 0.2) is 0 Å². The SMILES string of the molecule is CC(N)Cc1ccc(N(C)CC2CCCCO2)c(Br)c1. The zero-order valence-corrected chi connectivity index (χ0v) is 14.0. The third-order valence-electron chi connectivity index (χ3n) is 3.73. The second-order valence-corrected chi connectivity index (χ2v) is 6.69. The first-order chi connectivity index (χ1) is 9.56. The van der Waals surface area contributed by atoms with Crippen molar-refractivity contribution in [2.45, 2.75) is 44.8 Å². The van der Waals surface area contributed by atoms with Crippen LogP contribution in [0, 0.1) is 0 Å². The predicted octanol–water partition coefficient (Wildman–Crippen LogP) is 3.34. The van der Waals surface area contributed by atoms with Crippen LogP contribution in [-0.2, 0) is 11.2 Å². The van der Waals surface area contributed by atoms with Gasteiger partial charge in [-0.05, 0) is 66.2 Å². The van der Waals surface area contributed by atoms with E-state index in [4.69, 9.17) is 10.5 Å². The molecule has 20 heavy (non-hydrogen) atoms. The molecule has 0 saturated carbocycles. The number of likely N-dealkylation sites (N-methyl/N-ethyl adjacent to an activating group) is 1. The number of ether oxygens (including phenoxy) is 1. The lowest BCUT2D eigenvalue weighted by Crippen LogP contribution is -2.33. The molecule has 112 valence electrons. The Hall–Kier alpha value is -0.580. The van der Waals surface area contributed by atoms with Gasteiger partial charge in [0.1, 0.15) is 0 Å². The summed E-state index contributed by atoms with van der Waals surface area (Å²) >= 11 is 3.68. The molecule has 0 spiro atoms. The summed E-state index contributed by atoms with van der Waals surface area (Å²) in [5.41, 5.74) is 8.35. The summed E-state index contributed by atoms with van der Waals surface area (Å²) in [6.07, 6.45) is 4.94. The van der Waals surface area contributed by atoms with Gasteiger partial charge >= 0.3 is 0 Å². The summed E-state index contributed by atoms with van der Waals surface area (Å²) in [5, 5.41) is 0. The van der Waals surface area contributed by atoms with E-state index in [0.717, 1.165) is 24.0 Å². The Balaban J connectivity index is 2.00. The monoisotopic (exact) mass is 340 g/mol. The zero-order valence-electron chi connectivity index (χ0n) is 12.4. The molecule has 1 aromatic carbocycles. The van der Waals surface area contributed by atoms with E-state index in [1.165, 1.54) is 30.5 Å². The van der Waals surface area contributed by atoms with Crippen LogP contribution in [0.1, 0.15) is 31.7 Å². The predicted molar refractivity (Wildman–Crippen MR) is 88.4 cm³/mol. The highest BCUT2D eigenvalue weighted by molar-refractivity contribution is 9.10. The van der Waals surface area contributed by atoms with E-state index in [9.17, 15) is 0 Å². The van der Waals surface area contributed by atoms with Gasteiger partial charge in [0.25, 0.3) is 0 Å². The highest BCUT2D eigenvalue weighted by Gasteiger charge is 2.17. The third kappa shape index (κ3) is 4.47. The Morgan fingerprint density at radius 2 is 2.25 bits per heavy atom. The molecule has 0 radical (unpaired) electrons. The van der Waals surface area contributed by atoms with Crippen LogP contribution in [0.5, 0.6) is 0 Å². The number of hydrogen-bond donors (Lipinski definition) is 1. The van der Waals surface area contributed by atoms with Crippen LogP contribution in [0.3, 0.4) is 0 Å². The highest BCUT2D eigenvalue weighted by Crippen LogP contribution is 2.28. The van der Waals surface area contributed by atoms with Gasteiger partial charge in [-0.3, -0.25) is 0 Å². The summed E-state index contributed by atoms with van der Waals surface area (Å²) in [7, 11) is 2.13. The molecule has 0 bridgehead atoms. The topological polar surface area (TPSA) is 38.5 Å². The standard InChI is InChI=1S/C16H25BrN2O/c1-12(18)9-13-6-7-16(15(17)10-13)19(2)11-14-5-3-4-8-20-14/h6-7,10,12,14H,3-5,8-9,11,18H2,1-2H3. The molecular weight excluding hydrogens is 316 g/mol. The molecule has 4 heteroatoms. The maximum atomic E-state index is 5.85. The summed E-state index contributed by atoms with van der Waals surface area (Å²) in [6, 6.07) is 6.71. The number of nitrogens with two attached hydrogens (primary N) is 1. The van der Waals surface area contributed by atoms with Crippen LogP contribution in [0.15, 0.2) is 22.7 Å². The lowest BCUT2D eigenvalue weighted by molar-refractivity contribution is 0.0216. The second kappa shape index (κ2) is 7.43. The zero-order chi connectivity index (χ0) is 14.5. The average molecular weight is 341 g/mol. The molecule has 1 aliphatic heterocycles. The van der Waals surface area contributed by atoms with Crippen LogP contribution in [0.25, 0.3) is 0 Å². The minimum Gasteiger partial charge on any atom is -0.376 e. The van der Waals surface area contributed by atoms with E-state index in [1.807, 2.05) is 6.92 Å². The smallest absolute Gasteiger partial charge is 0.0749 e. The molecule has 0 aliphatic carbocycles. The highest BCUT2D eigenvalue weighted by atomic mass is 79.9. The van der Waals surface area contributed by atoms with Crippen molar-refractivity contribution in [3.05, 3.63) is 28.2 Å². The lowest BCUT2D eigenvalue weighted by Gasteiger charge is -2.29. The van der Waals surface area contributed by atoms with E-state index in [0.29, 0.717) is 6.10 Å². The Morgan fingerprint density at radius 3 is 2.85 bits per heavy atom. The molecule has 2 unspecified atom stereocenters. The summed E-state index contributed by atoms with van der Waals surface area (Å²) in [6.45, 7) is 3.90.